The van der Waals surface area contributed by atoms with E-state index in [1.54, 1.807) is 6.07 Å². The number of pyridine rings is 1. The quantitative estimate of drug-likeness (QED) is 0.413. The summed E-state index contributed by atoms with van der Waals surface area (Å²) in [6.07, 6.45) is 0. The molecule has 156 valence electrons. The fourth-order valence-electron chi connectivity index (χ4n) is 3.21. The van der Waals surface area contributed by atoms with Crippen LogP contribution >= 0.6 is 0 Å². The van der Waals surface area contributed by atoms with Crippen LogP contribution in [-0.2, 0) is 19.8 Å². The topological polar surface area (TPSA) is 57.4 Å². The van der Waals surface area contributed by atoms with E-state index >= 15 is 0 Å². The molecule has 31 heavy (non-hydrogen) atoms. The molecule has 2 N–H and O–H groups in total. The second kappa shape index (κ2) is 9.87. The smallest absolute Gasteiger partial charge is 0.225 e. The molecule has 4 aromatic rings. The summed E-state index contributed by atoms with van der Waals surface area (Å²) in [5.74, 6) is 0.463. The summed E-state index contributed by atoms with van der Waals surface area (Å²) in [5.41, 5.74) is 9.81. The largest absolute Gasteiger partial charge is 0.473 e. The normalized spacial score (nSPS) is 10.6. The van der Waals surface area contributed by atoms with E-state index in [9.17, 15) is 4.39 Å². The van der Waals surface area contributed by atoms with E-state index in [4.69, 9.17) is 15.2 Å². The molecule has 0 aliphatic carbocycles. The van der Waals surface area contributed by atoms with Crippen molar-refractivity contribution in [3.8, 4) is 22.9 Å². The highest BCUT2D eigenvalue weighted by Gasteiger charge is 2.13. The highest BCUT2D eigenvalue weighted by molar-refractivity contribution is 5.69. The molecular formula is C26H23FN2O2. The Morgan fingerprint density at radius 1 is 0.710 bits per heavy atom. The molecule has 0 fully saturated rings. The number of halogens is 1. The van der Waals surface area contributed by atoms with Gasteiger partial charge in [-0.3, -0.25) is 0 Å². The standard InChI is InChI=1S/C26H23FN2O2/c27-23-14-21(16-28)13-22(15-23)24-11-12-25(30-17-19-7-3-1-4-8-19)29-26(24)31-18-20-9-5-2-6-10-20/h1-15H,16-18,28H2. The Balaban J connectivity index is 1.63. The molecule has 0 bridgehead atoms. The van der Waals surface area contributed by atoms with Crippen LogP contribution in [0.5, 0.6) is 11.8 Å². The van der Waals surface area contributed by atoms with Crippen LogP contribution in [0.25, 0.3) is 11.1 Å². The van der Waals surface area contributed by atoms with Gasteiger partial charge in [-0.1, -0.05) is 60.7 Å². The molecule has 0 saturated carbocycles. The van der Waals surface area contributed by atoms with Crippen LogP contribution in [0.2, 0.25) is 0 Å². The van der Waals surface area contributed by atoms with Gasteiger partial charge in [0, 0.05) is 18.2 Å². The average molecular weight is 414 g/mol. The van der Waals surface area contributed by atoms with E-state index in [1.807, 2.05) is 72.8 Å². The third kappa shape index (κ3) is 5.47. The zero-order chi connectivity index (χ0) is 21.5. The summed E-state index contributed by atoms with van der Waals surface area (Å²) >= 11 is 0. The molecule has 4 rings (SSSR count). The maximum Gasteiger partial charge on any atom is 0.225 e. The predicted octanol–water partition coefficient (Wildman–Crippen LogP) is 5.50. The first-order chi connectivity index (χ1) is 15.2. The van der Waals surface area contributed by atoms with Gasteiger partial charge >= 0.3 is 0 Å². The molecule has 3 aromatic carbocycles. The lowest BCUT2D eigenvalue weighted by Crippen LogP contribution is -2.03. The second-order valence-electron chi connectivity index (χ2n) is 7.10. The molecule has 0 unspecified atom stereocenters. The van der Waals surface area contributed by atoms with Crippen LogP contribution in [0.15, 0.2) is 91.0 Å². The number of ether oxygens (including phenoxy) is 2. The zero-order valence-electron chi connectivity index (χ0n) is 17.0. The fraction of sp³-hybridized carbons (Fsp3) is 0.115. The third-order valence-corrected chi connectivity index (χ3v) is 4.79. The van der Waals surface area contributed by atoms with Gasteiger partial charge < -0.3 is 15.2 Å². The van der Waals surface area contributed by atoms with Crippen LogP contribution < -0.4 is 15.2 Å². The van der Waals surface area contributed by atoms with Gasteiger partial charge in [0.15, 0.2) is 0 Å². The number of aromatic nitrogens is 1. The zero-order valence-corrected chi connectivity index (χ0v) is 17.0. The number of hydrogen-bond acceptors (Lipinski definition) is 4. The van der Waals surface area contributed by atoms with Crippen molar-refractivity contribution in [2.24, 2.45) is 5.73 Å². The van der Waals surface area contributed by atoms with Crippen LogP contribution in [0.4, 0.5) is 4.39 Å². The number of hydrogen-bond donors (Lipinski definition) is 1. The summed E-state index contributed by atoms with van der Waals surface area (Å²) < 4.78 is 26.0. The monoisotopic (exact) mass is 414 g/mol. The number of nitrogens with two attached hydrogens (primary N) is 1. The van der Waals surface area contributed by atoms with Gasteiger partial charge in [-0.15, -0.1) is 0 Å². The van der Waals surface area contributed by atoms with Gasteiger partial charge in [0.05, 0.1) is 0 Å². The highest BCUT2D eigenvalue weighted by Crippen LogP contribution is 2.32. The molecular weight excluding hydrogens is 391 g/mol. The molecule has 1 aromatic heterocycles. The number of nitrogens with zero attached hydrogens (tertiary/aromatic N) is 1. The van der Waals surface area contributed by atoms with Crippen LogP contribution in [0.1, 0.15) is 16.7 Å². The maximum atomic E-state index is 14.1. The number of benzene rings is 3. The van der Waals surface area contributed by atoms with Crippen molar-refractivity contribution in [1.29, 1.82) is 0 Å². The SMILES string of the molecule is NCc1cc(F)cc(-c2ccc(OCc3ccccc3)nc2OCc2ccccc2)c1. The molecule has 5 heteroatoms. The van der Waals surface area contributed by atoms with E-state index in [-0.39, 0.29) is 12.4 Å². The lowest BCUT2D eigenvalue weighted by molar-refractivity contribution is 0.268. The minimum absolute atomic E-state index is 0.247. The van der Waals surface area contributed by atoms with Crippen molar-refractivity contribution in [2.45, 2.75) is 19.8 Å². The molecule has 0 radical (unpaired) electrons. The van der Waals surface area contributed by atoms with Crippen molar-refractivity contribution in [3.63, 3.8) is 0 Å². The molecule has 0 amide bonds. The minimum Gasteiger partial charge on any atom is -0.473 e. The third-order valence-electron chi connectivity index (χ3n) is 4.79. The molecule has 4 nitrogen and oxygen atoms in total. The van der Waals surface area contributed by atoms with Gasteiger partial charge in [-0.2, -0.15) is 4.98 Å². The van der Waals surface area contributed by atoms with E-state index in [1.165, 1.54) is 12.1 Å². The van der Waals surface area contributed by atoms with Crippen LogP contribution in [0.3, 0.4) is 0 Å². The Morgan fingerprint density at radius 3 is 2.00 bits per heavy atom. The van der Waals surface area contributed by atoms with Crippen molar-refractivity contribution >= 4 is 0 Å². The lowest BCUT2D eigenvalue weighted by atomic mass is 10.0. The second-order valence-corrected chi connectivity index (χ2v) is 7.10. The first kappa shape index (κ1) is 20.6. The first-order valence-corrected chi connectivity index (χ1v) is 10.1. The summed E-state index contributed by atoms with van der Waals surface area (Å²) in [6.45, 7) is 0.974. The average Bonchev–Trinajstić information content (AvgIpc) is 2.82. The van der Waals surface area contributed by atoms with E-state index in [0.717, 1.165) is 11.1 Å². The van der Waals surface area contributed by atoms with Crippen molar-refractivity contribution in [2.75, 3.05) is 0 Å². The Bertz CT molecular complexity index is 1130. The Morgan fingerprint density at radius 2 is 1.35 bits per heavy atom. The molecule has 0 aliphatic rings. The molecule has 0 spiro atoms. The predicted molar refractivity (Wildman–Crippen MR) is 119 cm³/mol. The number of rotatable bonds is 8. The summed E-state index contributed by atoms with van der Waals surface area (Å²) in [6, 6.07) is 28.0. The van der Waals surface area contributed by atoms with Gasteiger partial charge in [-0.05, 0) is 46.5 Å². The van der Waals surface area contributed by atoms with Crippen molar-refractivity contribution < 1.29 is 13.9 Å². The van der Waals surface area contributed by atoms with E-state index in [0.29, 0.717) is 41.7 Å². The Hall–Kier alpha value is -3.70. The van der Waals surface area contributed by atoms with E-state index < -0.39 is 0 Å². The maximum absolute atomic E-state index is 14.1. The summed E-state index contributed by atoms with van der Waals surface area (Å²) in [7, 11) is 0. The summed E-state index contributed by atoms with van der Waals surface area (Å²) in [4.78, 5) is 4.57. The Labute approximate surface area is 181 Å². The summed E-state index contributed by atoms with van der Waals surface area (Å²) in [5, 5.41) is 0. The molecule has 1 heterocycles. The van der Waals surface area contributed by atoms with Gasteiger partial charge in [-0.25, -0.2) is 4.39 Å². The fourth-order valence-corrected chi connectivity index (χ4v) is 3.21. The van der Waals surface area contributed by atoms with Crippen molar-refractivity contribution in [3.05, 3.63) is 114 Å². The Kier molecular flexibility index (Phi) is 6.55. The van der Waals surface area contributed by atoms with Crippen molar-refractivity contribution in [1.82, 2.24) is 4.98 Å². The van der Waals surface area contributed by atoms with Gasteiger partial charge in [0.1, 0.15) is 19.0 Å². The molecule has 0 aliphatic heterocycles. The van der Waals surface area contributed by atoms with Crippen LogP contribution in [-0.4, -0.2) is 4.98 Å². The van der Waals surface area contributed by atoms with Crippen LogP contribution in [0, 0.1) is 5.82 Å². The molecule has 0 atom stereocenters. The molecule has 0 saturated heterocycles. The first-order valence-electron chi connectivity index (χ1n) is 10.1. The van der Waals surface area contributed by atoms with E-state index in [2.05, 4.69) is 4.98 Å². The highest BCUT2D eigenvalue weighted by atomic mass is 19.1. The van der Waals surface area contributed by atoms with Gasteiger partial charge in [0.2, 0.25) is 11.8 Å². The lowest BCUT2D eigenvalue weighted by Gasteiger charge is -2.14. The minimum atomic E-state index is -0.351. The van der Waals surface area contributed by atoms with Gasteiger partial charge in [0.25, 0.3) is 0 Å².